The molecule has 0 aliphatic carbocycles. The SMILES string of the molecule is Brc1ccc(CNCc2nc3ccccc3s2)cc1Br. The predicted octanol–water partition coefficient (Wildman–Crippen LogP) is 5.11. The molecule has 0 aliphatic rings. The van der Waals surface area contributed by atoms with Crippen molar-refractivity contribution in [2.45, 2.75) is 13.1 Å². The Bertz CT molecular complexity index is 707. The van der Waals surface area contributed by atoms with Gasteiger partial charge in [0.05, 0.1) is 10.2 Å². The van der Waals surface area contributed by atoms with Crippen LogP contribution in [0.2, 0.25) is 0 Å². The van der Waals surface area contributed by atoms with Crippen molar-refractivity contribution in [3.05, 3.63) is 62.0 Å². The van der Waals surface area contributed by atoms with Crippen molar-refractivity contribution in [2.24, 2.45) is 0 Å². The molecule has 0 aliphatic heterocycles. The van der Waals surface area contributed by atoms with Gasteiger partial charge in [0.25, 0.3) is 0 Å². The van der Waals surface area contributed by atoms with Gasteiger partial charge < -0.3 is 5.32 Å². The van der Waals surface area contributed by atoms with Crippen LogP contribution in [0.3, 0.4) is 0 Å². The third kappa shape index (κ3) is 3.28. The minimum absolute atomic E-state index is 0.799. The van der Waals surface area contributed by atoms with E-state index in [4.69, 9.17) is 0 Å². The second-order valence-corrected chi connectivity index (χ2v) is 7.25. The van der Waals surface area contributed by atoms with Crippen molar-refractivity contribution in [3.8, 4) is 0 Å². The van der Waals surface area contributed by atoms with Crippen molar-refractivity contribution in [1.29, 1.82) is 0 Å². The highest BCUT2D eigenvalue weighted by Crippen LogP contribution is 2.24. The highest BCUT2D eigenvalue weighted by molar-refractivity contribution is 9.13. The Balaban J connectivity index is 1.63. The standard InChI is InChI=1S/C15H12Br2N2S/c16-11-6-5-10(7-12(11)17)8-18-9-15-19-13-3-1-2-4-14(13)20-15/h1-7,18H,8-9H2. The number of para-hydroxylation sites is 1. The van der Waals surface area contributed by atoms with Crippen LogP contribution in [0.15, 0.2) is 51.4 Å². The summed E-state index contributed by atoms with van der Waals surface area (Å²) in [5.41, 5.74) is 2.34. The van der Waals surface area contributed by atoms with Gasteiger partial charge in [-0.05, 0) is 61.7 Å². The number of thiazole rings is 1. The summed E-state index contributed by atoms with van der Waals surface area (Å²) in [4.78, 5) is 4.61. The van der Waals surface area contributed by atoms with E-state index < -0.39 is 0 Å². The maximum atomic E-state index is 4.61. The van der Waals surface area contributed by atoms with Gasteiger partial charge >= 0.3 is 0 Å². The number of hydrogen-bond donors (Lipinski definition) is 1. The third-order valence-corrected chi connectivity index (χ3v) is 5.84. The van der Waals surface area contributed by atoms with Crippen LogP contribution in [-0.2, 0) is 13.1 Å². The molecule has 1 N–H and O–H groups in total. The molecule has 5 heteroatoms. The largest absolute Gasteiger partial charge is 0.306 e. The molecule has 3 rings (SSSR count). The fourth-order valence-electron chi connectivity index (χ4n) is 1.96. The molecule has 0 saturated carbocycles. The molecular formula is C15H12Br2N2S. The van der Waals surface area contributed by atoms with Crippen LogP contribution in [0, 0.1) is 0 Å². The van der Waals surface area contributed by atoms with E-state index in [0.29, 0.717) is 0 Å². The van der Waals surface area contributed by atoms with Gasteiger partial charge in [-0.3, -0.25) is 0 Å². The fourth-order valence-corrected chi connectivity index (χ4v) is 3.57. The van der Waals surface area contributed by atoms with E-state index >= 15 is 0 Å². The van der Waals surface area contributed by atoms with E-state index in [1.165, 1.54) is 10.3 Å². The van der Waals surface area contributed by atoms with Crippen molar-refractivity contribution < 1.29 is 0 Å². The Hall–Kier alpha value is -0.750. The zero-order valence-electron chi connectivity index (χ0n) is 10.6. The topological polar surface area (TPSA) is 24.9 Å². The molecule has 0 spiro atoms. The Labute approximate surface area is 138 Å². The van der Waals surface area contributed by atoms with Crippen molar-refractivity contribution in [3.63, 3.8) is 0 Å². The number of nitrogens with one attached hydrogen (secondary N) is 1. The van der Waals surface area contributed by atoms with E-state index in [1.54, 1.807) is 11.3 Å². The highest BCUT2D eigenvalue weighted by Gasteiger charge is 2.03. The summed E-state index contributed by atoms with van der Waals surface area (Å²) in [7, 11) is 0. The highest BCUT2D eigenvalue weighted by atomic mass is 79.9. The lowest BCUT2D eigenvalue weighted by Gasteiger charge is -2.04. The van der Waals surface area contributed by atoms with Crippen LogP contribution in [-0.4, -0.2) is 4.98 Å². The number of aromatic nitrogens is 1. The molecule has 0 atom stereocenters. The summed E-state index contributed by atoms with van der Waals surface area (Å²) < 4.78 is 3.40. The molecule has 0 unspecified atom stereocenters. The van der Waals surface area contributed by atoms with Crippen LogP contribution in [0.1, 0.15) is 10.6 Å². The Morgan fingerprint density at radius 3 is 2.65 bits per heavy atom. The molecule has 3 aromatic rings. The van der Waals surface area contributed by atoms with Gasteiger partial charge in [-0.25, -0.2) is 4.98 Å². The summed E-state index contributed by atoms with van der Waals surface area (Å²) in [5.74, 6) is 0. The van der Waals surface area contributed by atoms with Crippen molar-refractivity contribution in [1.82, 2.24) is 10.3 Å². The van der Waals surface area contributed by atoms with E-state index in [9.17, 15) is 0 Å². The first kappa shape index (κ1) is 14.2. The van der Waals surface area contributed by atoms with E-state index in [1.807, 2.05) is 6.07 Å². The van der Waals surface area contributed by atoms with Crippen molar-refractivity contribution >= 4 is 53.4 Å². The molecule has 0 amide bonds. The molecule has 0 bridgehead atoms. The minimum atomic E-state index is 0.799. The van der Waals surface area contributed by atoms with Crippen LogP contribution in [0.25, 0.3) is 10.2 Å². The smallest absolute Gasteiger partial charge is 0.108 e. The molecule has 1 heterocycles. The molecule has 2 aromatic carbocycles. The first-order valence-corrected chi connectivity index (χ1v) is 8.62. The molecule has 0 fully saturated rings. The summed E-state index contributed by atoms with van der Waals surface area (Å²) >= 11 is 8.75. The predicted molar refractivity (Wildman–Crippen MR) is 92.0 cm³/mol. The normalized spacial score (nSPS) is 11.1. The molecule has 20 heavy (non-hydrogen) atoms. The van der Waals surface area contributed by atoms with E-state index in [0.717, 1.165) is 32.6 Å². The number of benzene rings is 2. The fraction of sp³-hybridized carbons (Fsp3) is 0.133. The quantitative estimate of drug-likeness (QED) is 0.645. The maximum absolute atomic E-state index is 4.61. The third-order valence-electron chi connectivity index (χ3n) is 2.93. The Morgan fingerprint density at radius 2 is 1.85 bits per heavy atom. The Kier molecular flexibility index (Phi) is 4.51. The molecule has 0 radical (unpaired) electrons. The summed E-state index contributed by atoms with van der Waals surface area (Å²) in [6, 6.07) is 14.5. The van der Waals surface area contributed by atoms with E-state index in [2.05, 4.69) is 78.6 Å². The second-order valence-electron chi connectivity index (χ2n) is 4.43. The molecule has 102 valence electrons. The van der Waals surface area contributed by atoms with Gasteiger partial charge in [-0.1, -0.05) is 18.2 Å². The van der Waals surface area contributed by atoms with Crippen LogP contribution in [0.5, 0.6) is 0 Å². The number of rotatable bonds is 4. The maximum Gasteiger partial charge on any atom is 0.108 e. The zero-order chi connectivity index (χ0) is 13.9. The van der Waals surface area contributed by atoms with Gasteiger partial charge in [0.15, 0.2) is 0 Å². The first-order chi connectivity index (χ1) is 9.72. The van der Waals surface area contributed by atoms with Gasteiger partial charge in [0, 0.05) is 22.0 Å². The summed E-state index contributed by atoms with van der Waals surface area (Å²) in [6.45, 7) is 1.63. The van der Waals surface area contributed by atoms with Crippen molar-refractivity contribution in [2.75, 3.05) is 0 Å². The minimum Gasteiger partial charge on any atom is -0.306 e. The molecule has 0 saturated heterocycles. The first-order valence-electron chi connectivity index (χ1n) is 6.21. The van der Waals surface area contributed by atoms with Gasteiger partial charge in [0.2, 0.25) is 0 Å². The number of hydrogen-bond acceptors (Lipinski definition) is 3. The lowest BCUT2D eigenvalue weighted by atomic mass is 10.2. The van der Waals surface area contributed by atoms with Gasteiger partial charge in [-0.15, -0.1) is 11.3 Å². The average Bonchev–Trinajstić information content (AvgIpc) is 2.85. The average molecular weight is 412 g/mol. The van der Waals surface area contributed by atoms with Crippen LogP contribution < -0.4 is 5.32 Å². The lowest BCUT2D eigenvalue weighted by Crippen LogP contribution is -2.12. The molecule has 1 aromatic heterocycles. The Morgan fingerprint density at radius 1 is 1.00 bits per heavy atom. The number of halogens is 2. The second kappa shape index (κ2) is 6.35. The van der Waals surface area contributed by atoms with Crippen LogP contribution in [0.4, 0.5) is 0 Å². The number of nitrogens with zero attached hydrogens (tertiary/aromatic N) is 1. The van der Waals surface area contributed by atoms with Crippen LogP contribution >= 0.6 is 43.2 Å². The summed E-state index contributed by atoms with van der Waals surface area (Å²) in [6.07, 6.45) is 0. The zero-order valence-corrected chi connectivity index (χ0v) is 14.6. The summed E-state index contributed by atoms with van der Waals surface area (Å²) in [5, 5.41) is 4.56. The monoisotopic (exact) mass is 410 g/mol. The molecular weight excluding hydrogens is 400 g/mol. The lowest BCUT2D eigenvalue weighted by molar-refractivity contribution is 0.690. The van der Waals surface area contributed by atoms with E-state index in [-0.39, 0.29) is 0 Å². The van der Waals surface area contributed by atoms with Gasteiger partial charge in [-0.2, -0.15) is 0 Å². The number of fused-ring (bicyclic) bond motifs is 1. The van der Waals surface area contributed by atoms with Gasteiger partial charge in [0.1, 0.15) is 5.01 Å². The molecule has 2 nitrogen and oxygen atoms in total.